The second-order valence-electron chi connectivity index (χ2n) is 7.67. The van der Waals surface area contributed by atoms with E-state index in [9.17, 15) is 18.0 Å². The van der Waals surface area contributed by atoms with Gasteiger partial charge in [-0.3, -0.25) is 9.59 Å². The van der Waals surface area contributed by atoms with Crippen molar-refractivity contribution < 1.29 is 18.0 Å². The summed E-state index contributed by atoms with van der Waals surface area (Å²) >= 11 is 0. The van der Waals surface area contributed by atoms with Crippen LogP contribution in [-0.2, 0) is 26.2 Å². The molecule has 0 unspecified atom stereocenters. The minimum absolute atomic E-state index is 0.128. The number of hydrogen-bond donors (Lipinski definition) is 2. The van der Waals surface area contributed by atoms with Gasteiger partial charge in [-0.1, -0.05) is 38.1 Å². The molecule has 1 saturated heterocycles. The third kappa shape index (κ3) is 5.25. The molecule has 0 radical (unpaired) electrons. The van der Waals surface area contributed by atoms with Crippen LogP contribution in [0.4, 0.5) is 5.69 Å². The predicted molar refractivity (Wildman–Crippen MR) is 115 cm³/mol. The first-order valence-electron chi connectivity index (χ1n) is 10.1. The molecule has 2 amide bonds. The van der Waals surface area contributed by atoms with Gasteiger partial charge in [-0.25, -0.2) is 8.42 Å². The van der Waals surface area contributed by atoms with E-state index in [-0.39, 0.29) is 11.4 Å². The maximum absolute atomic E-state index is 12.5. The summed E-state index contributed by atoms with van der Waals surface area (Å²) in [6, 6.07) is 13.7. The van der Waals surface area contributed by atoms with E-state index in [0.29, 0.717) is 30.3 Å². The summed E-state index contributed by atoms with van der Waals surface area (Å²) < 4.78 is 26.6. The maximum atomic E-state index is 12.5. The average Bonchev–Trinajstić information content (AvgIpc) is 3.28. The van der Waals surface area contributed by atoms with Crippen LogP contribution in [0.1, 0.15) is 43.7 Å². The van der Waals surface area contributed by atoms with Crippen LogP contribution in [0.25, 0.3) is 0 Å². The molecule has 7 nitrogen and oxygen atoms in total. The fraction of sp³-hybridized carbons (Fsp3) is 0.364. The Hall–Kier alpha value is -2.71. The molecule has 3 rings (SSSR count). The van der Waals surface area contributed by atoms with Crippen LogP contribution < -0.4 is 10.6 Å². The van der Waals surface area contributed by atoms with E-state index in [1.54, 1.807) is 24.3 Å². The molecule has 8 heteroatoms. The number of carbonyl (C=O) groups is 2. The molecule has 0 aliphatic carbocycles. The molecular weight excluding hydrogens is 402 g/mol. The third-order valence-electron chi connectivity index (χ3n) is 5.12. The van der Waals surface area contributed by atoms with Gasteiger partial charge in [-0.15, -0.1) is 0 Å². The molecular formula is C22H27N3O4S. The first kappa shape index (κ1) is 22.0. The van der Waals surface area contributed by atoms with Crippen LogP contribution in [0.5, 0.6) is 0 Å². The van der Waals surface area contributed by atoms with Gasteiger partial charge in [-0.05, 0) is 54.2 Å². The maximum Gasteiger partial charge on any atom is 0.313 e. The van der Waals surface area contributed by atoms with E-state index in [0.717, 1.165) is 18.4 Å². The van der Waals surface area contributed by atoms with Gasteiger partial charge in [0.1, 0.15) is 0 Å². The Morgan fingerprint density at radius 1 is 0.933 bits per heavy atom. The number of hydrogen-bond acceptors (Lipinski definition) is 4. The number of sulfonamides is 1. The van der Waals surface area contributed by atoms with E-state index < -0.39 is 21.8 Å². The van der Waals surface area contributed by atoms with Crippen LogP contribution in [0.2, 0.25) is 0 Å². The second-order valence-corrected chi connectivity index (χ2v) is 9.61. The summed E-state index contributed by atoms with van der Waals surface area (Å²) in [5, 5.41) is 5.12. The molecule has 160 valence electrons. The SMILES string of the molecule is CC(C)c1ccc(NC(=O)C(=O)NCc2ccc(S(=O)(=O)N3CCCC3)cc2)cc1. The largest absolute Gasteiger partial charge is 0.344 e. The van der Waals surface area contributed by atoms with E-state index in [4.69, 9.17) is 0 Å². The minimum Gasteiger partial charge on any atom is -0.344 e. The minimum atomic E-state index is -3.46. The van der Waals surface area contributed by atoms with Crippen molar-refractivity contribution in [3.63, 3.8) is 0 Å². The van der Waals surface area contributed by atoms with Crippen LogP contribution in [0.15, 0.2) is 53.4 Å². The first-order chi connectivity index (χ1) is 14.3. The molecule has 1 aliphatic rings. The summed E-state index contributed by atoms with van der Waals surface area (Å²) in [5.41, 5.74) is 2.40. The highest BCUT2D eigenvalue weighted by Gasteiger charge is 2.26. The molecule has 0 bridgehead atoms. The lowest BCUT2D eigenvalue weighted by Gasteiger charge is -2.15. The highest BCUT2D eigenvalue weighted by Crippen LogP contribution is 2.21. The Labute approximate surface area is 177 Å². The number of rotatable bonds is 6. The number of anilines is 1. The van der Waals surface area contributed by atoms with Crippen LogP contribution in [0, 0.1) is 0 Å². The Morgan fingerprint density at radius 3 is 2.10 bits per heavy atom. The summed E-state index contributed by atoms with van der Waals surface area (Å²) in [6.07, 6.45) is 1.76. The Kier molecular flexibility index (Phi) is 6.89. The van der Waals surface area contributed by atoms with Gasteiger partial charge in [0.2, 0.25) is 10.0 Å². The summed E-state index contributed by atoms with van der Waals surface area (Å²) in [6.45, 7) is 5.39. The number of amides is 2. The zero-order valence-corrected chi connectivity index (χ0v) is 18.0. The normalized spacial score (nSPS) is 14.6. The zero-order valence-electron chi connectivity index (χ0n) is 17.2. The zero-order chi connectivity index (χ0) is 21.7. The van der Waals surface area contributed by atoms with Gasteiger partial charge in [0, 0.05) is 25.3 Å². The van der Waals surface area contributed by atoms with Crippen molar-refractivity contribution in [2.24, 2.45) is 0 Å². The van der Waals surface area contributed by atoms with Crippen molar-refractivity contribution in [2.45, 2.75) is 44.0 Å². The lowest BCUT2D eigenvalue weighted by molar-refractivity contribution is -0.136. The second kappa shape index (κ2) is 9.40. The Morgan fingerprint density at radius 2 is 1.53 bits per heavy atom. The molecule has 1 fully saturated rings. The van der Waals surface area contributed by atoms with Crippen molar-refractivity contribution in [3.05, 3.63) is 59.7 Å². The molecule has 2 N–H and O–H groups in total. The van der Waals surface area contributed by atoms with Gasteiger partial charge in [-0.2, -0.15) is 4.31 Å². The third-order valence-corrected chi connectivity index (χ3v) is 7.03. The quantitative estimate of drug-likeness (QED) is 0.690. The van der Waals surface area contributed by atoms with Crippen LogP contribution in [-0.4, -0.2) is 37.6 Å². The molecule has 30 heavy (non-hydrogen) atoms. The molecule has 2 aromatic rings. The lowest BCUT2D eigenvalue weighted by Crippen LogP contribution is -2.35. The summed E-state index contributed by atoms with van der Waals surface area (Å²) in [5.74, 6) is -1.12. The van der Waals surface area contributed by atoms with Crippen molar-refractivity contribution in [3.8, 4) is 0 Å². The molecule has 0 atom stereocenters. The number of nitrogens with one attached hydrogen (secondary N) is 2. The monoisotopic (exact) mass is 429 g/mol. The smallest absolute Gasteiger partial charge is 0.313 e. The van der Waals surface area contributed by atoms with E-state index >= 15 is 0 Å². The highest BCUT2D eigenvalue weighted by atomic mass is 32.2. The summed E-state index contributed by atoms with van der Waals surface area (Å²) in [7, 11) is -3.46. The van der Waals surface area contributed by atoms with Gasteiger partial charge in [0.15, 0.2) is 0 Å². The first-order valence-corrected chi connectivity index (χ1v) is 11.5. The van der Waals surface area contributed by atoms with Gasteiger partial charge in [0.25, 0.3) is 0 Å². The number of nitrogens with zero attached hydrogens (tertiary/aromatic N) is 1. The molecule has 0 spiro atoms. The van der Waals surface area contributed by atoms with Crippen LogP contribution >= 0.6 is 0 Å². The average molecular weight is 430 g/mol. The molecule has 2 aromatic carbocycles. The Balaban J connectivity index is 1.53. The fourth-order valence-electron chi connectivity index (χ4n) is 3.26. The number of carbonyl (C=O) groups excluding carboxylic acids is 2. The van der Waals surface area contributed by atoms with Crippen molar-refractivity contribution in [2.75, 3.05) is 18.4 Å². The lowest BCUT2D eigenvalue weighted by atomic mass is 10.0. The van der Waals surface area contributed by atoms with E-state index in [1.807, 2.05) is 12.1 Å². The topological polar surface area (TPSA) is 95.6 Å². The van der Waals surface area contributed by atoms with Crippen molar-refractivity contribution in [1.82, 2.24) is 9.62 Å². The number of benzene rings is 2. The molecule has 1 heterocycles. The van der Waals surface area contributed by atoms with Crippen molar-refractivity contribution >= 4 is 27.5 Å². The molecule has 0 saturated carbocycles. The standard InChI is InChI=1S/C22H27N3O4S/c1-16(2)18-7-9-19(10-8-18)24-22(27)21(26)23-15-17-5-11-20(12-6-17)30(28,29)25-13-3-4-14-25/h5-12,16H,3-4,13-15H2,1-2H3,(H,23,26)(H,24,27). The molecule has 0 aromatic heterocycles. The summed E-state index contributed by atoms with van der Waals surface area (Å²) in [4.78, 5) is 24.4. The Bertz CT molecular complexity index is 994. The van der Waals surface area contributed by atoms with E-state index in [2.05, 4.69) is 24.5 Å². The van der Waals surface area contributed by atoms with E-state index in [1.165, 1.54) is 16.4 Å². The highest BCUT2D eigenvalue weighted by molar-refractivity contribution is 7.89. The van der Waals surface area contributed by atoms with Gasteiger partial charge < -0.3 is 10.6 Å². The fourth-order valence-corrected chi connectivity index (χ4v) is 4.78. The van der Waals surface area contributed by atoms with Gasteiger partial charge in [0.05, 0.1) is 4.90 Å². The van der Waals surface area contributed by atoms with Gasteiger partial charge >= 0.3 is 11.8 Å². The predicted octanol–water partition coefficient (Wildman–Crippen LogP) is 2.85. The van der Waals surface area contributed by atoms with Crippen LogP contribution in [0.3, 0.4) is 0 Å². The van der Waals surface area contributed by atoms with Crippen molar-refractivity contribution in [1.29, 1.82) is 0 Å². The molecule has 1 aliphatic heterocycles.